The Bertz CT molecular complexity index is 519. The fraction of sp³-hybridized carbons (Fsp3) is 0.438. The number of amides is 1. The molecule has 1 atom stereocenters. The summed E-state index contributed by atoms with van der Waals surface area (Å²) in [6, 6.07) is 6.63. The summed E-state index contributed by atoms with van der Waals surface area (Å²) in [5.41, 5.74) is 0.371. The second-order valence-corrected chi connectivity index (χ2v) is 5.98. The Balaban J connectivity index is 1.78. The lowest BCUT2D eigenvalue weighted by Gasteiger charge is -2.19. The topological polar surface area (TPSA) is 29.3 Å². The first kappa shape index (κ1) is 14.6. The summed E-state index contributed by atoms with van der Waals surface area (Å²) in [7, 11) is 0. The molecule has 0 aliphatic carbocycles. The van der Waals surface area contributed by atoms with E-state index in [4.69, 9.17) is 4.74 Å². The van der Waals surface area contributed by atoms with Crippen LogP contribution in [0.4, 0.5) is 9.18 Å². The van der Waals surface area contributed by atoms with Crippen LogP contribution in [0.5, 0.6) is 0 Å². The van der Waals surface area contributed by atoms with Crippen molar-refractivity contribution in [2.45, 2.75) is 38.8 Å². The maximum Gasteiger partial charge on any atom is 0.410 e. The van der Waals surface area contributed by atoms with Crippen molar-refractivity contribution in [2.75, 3.05) is 6.54 Å². The zero-order chi connectivity index (χ0) is 14.8. The molecule has 1 saturated heterocycles. The molecule has 1 aliphatic heterocycles. The molecular formula is C16H20FNO2. The second kappa shape index (κ2) is 5.65. The van der Waals surface area contributed by atoms with Gasteiger partial charge in [-0.05, 0) is 44.9 Å². The van der Waals surface area contributed by atoms with E-state index in [1.807, 2.05) is 39.0 Å². The predicted octanol–water partition coefficient (Wildman–Crippen LogP) is 3.85. The molecule has 0 radical (unpaired) electrons. The van der Waals surface area contributed by atoms with Crippen molar-refractivity contribution in [3.05, 3.63) is 41.7 Å². The summed E-state index contributed by atoms with van der Waals surface area (Å²) < 4.78 is 18.3. The van der Waals surface area contributed by atoms with Crippen molar-refractivity contribution in [1.82, 2.24) is 4.90 Å². The summed E-state index contributed by atoms with van der Waals surface area (Å²) in [6.07, 6.45) is 4.33. The van der Waals surface area contributed by atoms with E-state index in [-0.39, 0.29) is 18.0 Å². The fourth-order valence-electron chi connectivity index (χ4n) is 1.90. The molecule has 0 spiro atoms. The molecule has 0 unspecified atom stereocenters. The molecule has 0 bridgehead atoms. The highest BCUT2D eigenvalue weighted by Crippen LogP contribution is 2.25. The van der Waals surface area contributed by atoms with Crippen LogP contribution >= 0.6 is 0 Å². The zero-order valence-corrected chi connectivity index (χ0v) is 12.1. The van der Waals surface area contributed by atoms with Crippen LogP contribution in [0.1, 0.15) is 32.8 Å². The molecule has 4 heteroatoms. The van der Waals surface area contributed by atoms with Crippen LogP contribution in [0, 0.1) is 5.82 Å². The first-order valence-electron chi connectivity index (χ1n) is 6.77. The minimum atomic E-state index is -0.457. The highest BCUT2D eigenvalue weighted by molar-refractivity contribution is 5.71. The van der Waals surface area contributed by atoms with E-state index in [1.165, 1.54) is 12.1 Å². The van der Waals surface area contributed by atoms with Gasteiger partial charge < -0.3 is 9.64 Å². The van der Waals surface area contributed by atoms with Crippen LogP contribution in [0.2, 0.25) is 0 Å². The van der Waals surface area contributed by atoms with Gasteiger partial charge in [-0.15, -0.1) is 0 Å². The Morgan fingerprint density at radius 1 is 1.50 bits per heavy atom. The predicted molar refractivity (Wildman–Crippen MR) is 76.8 cm³/mol. The lowest BCUT2D eigenvalue weighted by atomic mass is 10.2. The summed E-state index contributed by atoms with van der Waals surface area (Å²) >= 11 is 0. The largest absolute Gasteiger partial charge is 0.444 e. The highest BCUT2D eigenvalue weighted by Gasteiger charge is 2.39. The van der Waals surface area contributed by atoms with Crippen molar-refractivity contribution in [1.29, 1.82) is 0 Å². The van der Waals surface area contributed by atoms with Crippen LogP contribution < -0.4 is 0 Å². The van der Waals surface area contributed by atoms with Gasteiger partial charge in [-0.3, -0.25) is 0 Å². The Morgan fingerprint density at radius 3 is 2.90 bits per heavy atom. The van der Waals surface area contributed by atoms with Gasteiger partial charge >= 0.3 is 6.09 Å². The van der Waals surface area contributed by atoms with Gasteiger partial charge in [0.2, 0.25) is 0 Å². The summed E-state index contributed by atoms with van der Waals surface area (Å²) in [5, 5.41) is 0. The van der Waals surface area contributed by atoms with Gasteiger partial charge in [0.15, 0.2) is 0 Å². The van der Waals surface area contributed by atoms with Crippen LogP contribution in [0.3, 0.4) is 0 Å². The van der Waals surface area contributed by atoms with Crippen molar-refractivity contribution in [2.24, 2.45) is 0 Å². The minimum absolute atomic E-state index is 0.203. The molecule has 0 saturated carbocycles. The number of carbonyl (C=O) groups is 1. The third kappa shape index (κ3) is 4.37. The van der Waals surface area contributed by atoms with E-state index < -0.39 is 5.60 Å². The summed E-state index contributed by atoms with van der Waals surface area (Å²) in [5.74, 6) is -0.242. The summed E-state index contributed by atoms with van der Waals surface area (Å²) in [4.78, 5) is 13.4. The van der Waals surface area contributed by atoms with E-state index in [0.29, 0.717) is 0 Å². The molecule has 1 fully saturated rings. The van der Waals surface area contributed by atoms with Crippen LogP contribution in [0.25, 0.3) is 6.08 Å². The maximum atomic E-state index is 13.0. The lowest BCUT2D eigenvalue weighted by molar-refractivity contribution is 0.0407. The Kier molecular flexibility index (Phi) is 4.12. The number of hydrogen-bond acceptors (Lipinski definition) is 2. The van der Waals surface area contributed by atoms with Gasteiger partial charge in [-0.2, -0.15) is 0 Å². The number of hydrogen-bond donors (Lipinski definition) is 0. The Labute approximate surface area is 119 Å². The SMILES string of the molecule is CC(C)(C)OC(=O)N1C[C@@H]1C/C=C/c1cccc(F)c1. The first-order chi connectivity index (χ1) is 9.35. The minimum Gasteiger partial charge on any atom is -0.444 e. The van der Waals surface area contributed by atoms with E-state index in [2.05, 4.69) is 0 Å². The highest BCUT2D eigenvalue weighted by atomic mass is 19.1. The van der Waals surface area contributed by atoms with Crippen LogP contribution in [-0.4, -0.2) is 29.2 Å². The monoisotopic (exact) mass is 277 g/mol. The average Bonchev–Trinajstić information content (AvgIpc) is 3.06. The average molecular weight is 277 g/mol. The van der Waals surface area contributed by atoms with E-state index in [1.54, 1.807) is 11.0 Å². The standard InChI is InChI=1S/C16H20FNO2/c1-16(2,3)20-15(19)18-11-14(18)9-5-7-12-6-4-8-13(17)10-12/h4-8,10,14H,9,11H2,1-3H3/b7-5+/t14-,18?/m0/s1. The van der Waals surface area contributed by atoms with Crippen LogP contribution in [0.15, 0.2) is 30.3 Å². The number of benzene rings is 1. The second-order valence-electron chi connectivity index (χ2n) is 5.98. The number of nitrogens with zero attached hydrogens (tertiary/aromatic N) is 1. The third-order valence-corrected chi connectivity index (χ3v) is 2.91. The van der Waals surface area contributed by atoms with E-state index in [9.17, 15) is 9.18 Å². The number of ether oxygens (including phenoxy) is 1. The first-order valence-corrected chi connectivity index (χ1v) is 6.77. The van der Waals surface area contributed by atoms with Crippen molar-refractivity contribution in [3.63, 3.8) is 0 Å². The molecule has 20 heavy (non-hydrogen) atoms. The number of carbonyl (C=O) groups excluding carboxylic acids is 1. The van der Waals surface area contributed by atoms with Gasteiger partial charge in [0.05, 0.1) is 6.04 Å². The Morgan fingerprint density at radius 2 is 2.25 bits per heavy atom. The fourth-order valence-corrected chi connectivity index (χ4v) is 1.90. The molecular weight excluding hydrogens is 257 g/mol. The molecule has 3 nitrogen and oxygen atoms in total. The molecule has 1 aliphatic rings. The summed E-state index contributed by atoms with van der Waals surface area (Å²) in [6.45, 7) is 6.29. The molecule has 0 aromatic heterocycles. The molecule has 1 heterocycles. The van der Waals surface area contributed by atoms with Gasteiger partial charge in [0, 0.05) is 6.54 Å². The van der Waals surface area contributed by atoms with Gasteiger partial charge in [-0.25, -0.2) is 9.18 Å². The molecule has 1 aromatic rings. The van der Waals surface area contributed by atoms with Gasteiger partial charge in [0.25, 0.3) is 0 Å². The van der Waals surface area contributed by atoms with E-state index in [0.717, 1.165) is 18.5 Å². The Hall–Kier alpha value is -1.84. The molecule has 108 valence electrons. The smallest absolute Gasteiger partial charge is 0.410 e. The maximum absolute atomic E-state index is 13.0. The van der Waals surface area contributed by atoms with Crippen LogP contribution in [-0.2, 0) is 4.74 Å². The van der Waals surface area contributed by atoms with Gasteiger partial charge in [0.1, 0.15) is 11.4 Å². The third-order valence-electron chi connectivity index (χ3n) is 2.91. The van der Waals surface area contributed by atoms with Crippen molar-refractivity contribution >= 4 is 12.2 Å². The van der Waals surface area contributed by atoms with E-state index >= 15 is 0 Å². The zero-order valence-electron chi connectivity index (χ0n) is 12.1. The molecule has 0 N–H and O–H groups in total. The molecule has 1 amide bonds. The quantitative estimate of drug-likeness (QED) is 0.785. The lowest BCUT2D eigenvalue weighted by Crippen LogP contribution is -2.27. The number of halogens is 1. The normalized spacial score (nSPS) is 18.4. The van der Waals surface area contributed by atoms with Crippen molar-refractivity contribution < 1.29 is 13.9 Å². The van der Waals surface area contributed by atoms with Gasteiger partial charge in [-0.1, -0.05) is 24.3 Å². The molecule has 2 rings (SSSR count). The van der Waals surface area contributed by atoms with Crippen molar-refractivity contribution in [3.8, 4) is 0 Å². The molecule has 1 aromatic carbocycles. The number of rotatable bonds is 3.